The minimum absolute atomic E-state index is 0.566. The van der Waals surface area contributed by atoms with E-state index in [2.05, 4.69) is 20.0 Å². The van der Waals surface area contributed by atoms with Gasteiger partial charge in [0, 0.05) is 37.9 Å². The van der Waals surface area contributed by atoms with E-state index in [1.807, 2.05) is 54.2 Å². The topological polar surface area (TPSA) is 70.0 Å². The summed E-state index contributed by atoms with van der Waals surface area (Å²) >= 11 is 0. The zero-order valence-electron chi connectivity index (χ0n) is 14.4. The van der Waals surface area contributed by atoms with E-state index in [0.717, 1.165) is 54.6 Å². The molecule has 130 valence electrons. The fourth-order valence-electron chi connectivity index (χ4n) is 3.38. The van der Waals surface area contributed by atoms with Crippen molar-refractivity contribution in [3.05, 3.63) is 71.1 Å². The highest BCUT2D eigenvalue weighted by Crippen LogP contribution is 2.22. The molecule has 4 rings (SSSR count). The molecular formula is C19H23N5O. The largest absolute Gasteiger partial charge is 0.386 e. The van der Waals surface area contributed by atoms with Crippen molar-refractivity contribution in [2.24, 2.45) is 0 Å². The normalized spacial score (nSPS) is 15.9. The highest BCUT2D eigenvalue weighted by molar-refractivity contribution is 5.20. The van der Waals surface area contributed by atoms with Gasteiger partial charge in [-0.1, -0.05) is 30.3 Å². The summed E-state index contributed by atoms with van der Waals surface area (Å²) < 4.78 is 2.03. The Morgan fingerprint density at radius 1 is 1.24 bits per heavy atom. The van der Waals surface area contributed by atoms with Crippen molar-refractivity contribution < 1.29 is 5.11 Å². The van der Waals surface area contributed by atoms with Gasteiger partial charge in [-0.2, -0.15) is 5.10 Å². The summed E-state index contributed by atoms with van der Waals surface area (Å²) in [6.07, 6.45) is 1.93. The number of benzene rings is 1. The number of imidazole rings is 1. The zero-order valence-corrected chi connectivity index (χ0v) is 14.4. The smallest absolute Gasteiger partial charge is 0.103 e. The molecule has 0 saturated heterocycles. The number of fused-ring (bicyclic) bond motifs is 1. The number of aryl methyl sites for hydroxylation is 1. The molecule has 0 amide bonds. The van der Waals surface area contributed by atoms with E-state index in [9.17, 15) is 5.11 Å². The maximum absolute atomic E-state index is 10.5. The first-order valence-corrected chi connectivity index (χ1v) is 8.69. The monoisotopic (exact) mass is 337 g/mol. The van der Waals surface area contributed by atoms with Crippen molar-refractivity contribution in [3.63, 3.8) is 0 Å². The Kier molecular flexibility index (Phi) is 4.38. The Balaban J connectivity index is 1.43. The van der Waals surface area contributed by atoms with Crippen LogP contribution in [-0.2, 0) is 26.1 Å². The summed E-state index contributed by atoms with van der Waals surface area (Å²) in [6.45, 7) is 5.45. The van der Waals surface area contributed by atoms with Crippen LogP contribution in [0.5, 0.6) is 0 Å². The Bertz CT molecular complexity index is 839. The average Bonchev–Trinajstić information content (AvgIpc) is 3.21. The fourth-order valence-corrected chi connectivity index (χ4v) is 3.38. The van der Waals surface area contributed by atoms with E-state index < -0.39 is 6.10 Å². The van der Waals surface area contributed by atoms with Crippen LogP contribution in [0, 0.1) is 6.92 Å². The fraction of sp³-hybridized carbons (Fsp3) is 0.368. The molecule has 0 unspecified atom stereocenters. The van der Waals surface area contributed by atoms with E-state index >= 15 is 0 Å². The molecule has 3 heterocycles. The Morgan fingerprint density at radius 2 is 2.08 bits per heavy atom. The van der Waals surface area contributed by atoms with Gasteiger partial charge in [0.1, 0.15) is 11.9 Å². The molecule has 3 aromatic rings. The van der Waals surface area contributed by atoms with E-state index in [4.69, 9.17) is 0 Å². The first-order valence-electron chi connectivity index (χ1n) is 8.69. The second-order valence-electron chi connectivity index (χ2n) is 6.69. The van der Waals surface area contributed by atoms with Gasteiger partial charge in [-0.05, 0) is 18.6 Å². The molecule has 25 heavy (non-hydrogen) atoms. The molecule has 2 aromatic heterocycles. The molecule has 1 atom stereocenters. The number of rotatable bonds is 5. The van der Waals surface area contributed by atoms with Crippen molar-refractivity contribution in [3.8, 4) is 0 Å². The Labute approximate surface area is 147 Å². The predicted octanol–water partition coefficient (Wildman–Crippen LogP) is 2.21. The van der Waals surface area contributed by atoms with Crippen LogP contribution in [0.15, 0.2) is 42.6 Å². The third kappa shape index (κ3) is 3.65. The van der Waals surface area contributed by atoms with Gasteiger partial charge in [0.25, 0.3) is 0 Å². The summed E-state index contributed by atoms with van der Waals surface area (Å²) in [5, 5.41) is 15.1. The first-order chi connectivity index (χ1) is 12.2. The van der Waals surface area contributed by atoms with Crippen molar-refractivity contribution in [2.75, 3.05) is 6.54 Å². The van der Waals surface area contributed by atoms with Crippen molar-refractivity contribution in [1.29, 1.82) is 0 Å². The third-order valence-electron chi connectivity index (χ3n) is 4.66. The lowest BCUT2D eigenvalue weighted by Gasteiger charge is -2.26. The summed E-state index contributed by atoms with van der Waals surface area (Å²) in [7, 11) is 0. The highest BCUT2D eigenvalue weighted by atomic mass is 16.3. The molecule has 0 radical (unpaired) electrons. The van der Waals surface area contributed by atoms with E-state index in [0.29, 0.717) is 6.42 Å². The van der Waals surface area contributed by atoms with Gasteiger partial charge in [-0.3, -0.25) is 9.58 Å². The highest BCUT2D eigenvalue weighted by Gasteiger charge is 2.21. The van der Waals surface area contributed by atoms with Crippen LogP contribution < -0.4 is 0 Å². The maximum atomic E-state index is 10.5. The predicted molar refractivity (Wildman–Crippen MR) is 94.8 cm³/mol. The molecule has 1 aromatic carbocycles. The van der Waals surface area contributed by atoms with E-state index in [1.165, 1.54) is 0 Å². The molecule has 1 aliphatic heterocycles. The van der Waals surface area contributed by atoms with Crippen LogP contribution >= 0.6 is 0 Å². The minimum atomic E-state index is -0.566. The molecule has 0 aliphatic carbocycles. The number of hydrogen-bond acceptors (Lipinski definition) is 4. The molecule has 0 saturated carbocycles. The van der Waals surface area contributed by atoms with Crippen LogP contribution in [-0.4, -0.2) is 36.3 Å². The number of H-pyrrole nitrogens is 1. The van der Waals surface area contributed by atoms with Crippen molar-refractivity contribution in [2.45, 2.75) is 39.1 Å². The van der Waals surface area contributed by atoms with Crippen LogP contribution in [0.25, 0.3) is 0 Å². The number of nitrogens with one attached hydrogen (secondary N) is 1. The van der Waals surface area contributed by atoms with Gasteiger partial charge < -0.3 is 10.1 Å². The lowest BCUT2D eigenvalue weighted by molar-refractivity contribution is 0.171. The van der Waals surface area contributed by atoms with Crippen molar-refractivity contribution >= 4 is 0 Å². The second-order valence-corrected chi connectivity index (χ2v) is 6.69. The zero-order chi connectivity index (χ0) is 17.2. The lowest BCUT2D eigenvalue weighted by atomic mass is 10.1. The SMILES string of the molecule is Cc1ncc(CN2CCn3nc([C@@H](O)Cc4ccccc4)cc3C2)[nH]1. The lowest BCUT2D eigenvalue weighted by Crippen LogP contribution is -2.33. The molecule has 2 N–H and O–H groups in total. The standard InChI is InChI=1S/C19H23N5O/c1-14-20-11-16(21-14)12-23-7-8-24-17(13-23)10-18(22-24)19(25)9-15-5-3-2-4-6-15/h2-6,10-11,19,25H,7-9,12-13H2,1H3,(H,20,21)/t19-/m0/s1. The number of hydrogen-bond donors (Lipinski definition) is 2. The number of aromatic amines is 1. The Hall–Kier alpha value is -2.44. The van der Waals surface area contributed by atoms with Gasteiger partial charge in [0.15, 0.2) is 0 Å². The Morgan fingerprint density at radius 3 is 2.84 bits per heavy atom. The number of aliphatic hydroxyl groups is 1. The maximum Gasteiger partial charge on any atom is 0.103 e. The number of nitrogens with zero attached hydrogens (tertiary/aromatic N) is 4. The van der Waals surface area contributed by atoms with Gasteiger partial charge in [0.05, 0.1) is 17.9 Å². The first kappa shape index (κ1) is 16.1. The van der Waals surface area contributed by atoms with Gasteiger partial charge in [-0.15, -0.1) is 0 Å². The number of aliphatic hydroxyl groups excluding tert-OH is 1. The van der Waals surface area contributed by atoms with Gasteiger partial charge in [-0.25, -0.2) is 4.98 Å². The van der Waals surface area contributed by atoms with E-state index in [-0.39, 0.29) is 0 Å². The summed E-state index contributed by atoms with van der Waals surface area (Å²) in [6, 6.07) is 12.1. The van der Waals surface area contributed by atoms with Gasteiger partial charge >= 0.3 is 0 Å². The minimum Gasteiger partial charge on any atom is -0.386 e. The van der Waals surface area contributed by atoms with Crippen LogP contribution in [0.1, 0.15) is 34.6 Å². The molecule has 6 heteroatoms. The molecular weight excluding hydrogens is 314 g/mol. The third-order valence-corrected chi connectivity index (χ3v) is 4.66. The molecule has 6 nitrogen and oxygen atoms in total. The molecule has 0 fully saturated rings. The molecule has 0 spiro atoms. The van der Waals surface area contributed by atoms with E-state index in [1.54, 1.807) is 0 Å². The molecule has 0 bridgehead atoms. The van der Waals surface area contributed by atoms with Crippen molar-refractivity contribution in [1.82, 2.24) is 24.6 Å². The summed E-state index contributed by atoms with van der Waals surface area (Å²) in [5.41, 5.74) is 4.18. The van der Waals surface area contributed by atoms with Crippen LogP contribution in [0.2, 0.25) is 0 Å². The quantitative estimate of drug-likeness (QED) is 0.749. The average molecular weight is 337 g/mol. The van der Waals surface area contributed by atoms with Crippen LogP contribution in [0.3, 0.4) is 0 Å². The molecule has 1 aliphatic rings. The van der Waals surface area contributed by atoms with Crippen LogP contribution in [0.4, 0.5) is 0 Å². The second kappa shape index (κ2) is 6.82. The summed E-state index contributed by atoms with van der Waals surface area (Å²) in [5.74, 6) is 0.948. The van der Waals surface area contributed by atoms with Gasteiger partial charge in [0.2, 0.25) is 0 Å². The summed E-state index contributed by atoms with van der Waals surface area (Å²) in [4.78, 5) is 9.92. The number of aromatic nitrogens is 4.